The lowest BCUT2D eigenvalue weighted by Crippen LogP contribution is -2.42. The molecule has 0 saturated carbocycles. The number of rotatable bonds is 3. The van der Waals surface area contributed by atoms with Gasteiger partial charge in [-0.2, -0.15) is 0 Å². The normalized spacial score (nSPS) is 16.8. The first-order valence-corrected chi connectivity index (χ1v) is 10.6. The largest absolute Gasteiger partial charge is 0.478 e. The molecule has 168 valence electrons. The SMILES string of the molecule is CC(C)(C)OC(=O)N1CCCC(c2cn3c(-c4cccc(C(=O)O)c4)cnc(N)c3n2)C1. The van der Waals surface area contributed by atoms with Crippen molar-refractivity contribution in [2.75, 3.05) is 18.8 Å². The highest BCUT2D eigenvalue weighted by molar-refractivity contribution is 5.89. The molecule has 32 heavy (non-hydrogen) atoms. The molecule has 1 aliphatic heterocycles. The van der Waals surface area contributed by atoms with Crippen LogP contribution in [0, 0.1) is 0 Å². The number of aromatic nitrogens is 3. The highest BCUT2D eigenvalue weighted by Gasteiger charge is 2.30. The van der Waals surface area contributed by atoms with Crippen LogP contribution in [0.4, 0.5) is 10.6 Å². The predicted molar refractivity (Wildman–Crippen MR) is 120 cm³/mol. The summed E-state index contributed by atoms with van der Waals surface area (Å²) in [5.74, 6) is -0.676. The van der Waals surface area contributed by atoms with E-state index in [0.29, 0.717) is 30.0 Å². The van der Waals surface area contributed by atoms with Crippen LogP contribution in [0.3, 0.4) is 0 Å². The minimum atomic E-state index is -0.998. The summed E-state index contributed by atoms with van der Waals surface area (Å²) in [7, 11) is 0. The zero-order valence-corrected chi connectivity index (χ0v) is 18.4. The van der Waals surface area contributed by atoms with Crippen molar-refractivity contribution >= 4 is 23.5 Å². The second-order valence-electron chi connectivity index (χ2n) is 9.04. The van der Waals surface area contributed by atoms with E-state index in [1.165, 1.54) is 0 Å². The molecule has 0 spiro atoms. The van der Waals surface area contributed by atoms with Crippen LogP contribution in [0.2, 0.25) is 0 Å². The molecule has 3 heterocycles. The van der Waals surface area contributed by atoms with E-state index in [1.54, 1.807) is 29.3 Å². The van der Waals surface area contributed by atoms with E-state index in [9.17, 15) is 14.7 Å². The van der Waals surface area contributed by atoms with Crippen molar-refractivity contribution in [2.45, 2.75) is 45.1 Å². The standard InChI is InChI=1S/C23H27N5O4/c1-23(2,3)32-22(31)27-9-5-8-16(12-27)17-13-28-18(11-25-19(24)20(28)26-17)14-6-4-7-15(10-14)21(29)30/h4,6-7,10-11,13,16H,5,8-9,12H2,1-3H3,(H2,24,25)(H,29,30). The maximum absolute atomic E-state index is 12.5. The monoisotopic (exact) mass is 437 g/mol. The Morgan fingerprint density at radius 1 is 1.28 bits per heavy atom. The smallest absolute Gasteiger partial charge is 0.410 e. The molecule has 1 aromatic carbocycles. The molecule has 3 N–H and O–H groups in total. The summed E-state index contributed by atoms with van der Waals surface area (Å²) in [5.41, 5.74) is 8.45. The van der Waals surface area contributed by atoms with Gasteiger partial charge in [0, 0.05) is 30.8 Å². The second-order valence-corrected chi connectivity index (χ2v) is 9.04. The molecule has 2 aromatic heterocycles. The minimum Gasteiger partial charge on any atom is -0.478 e. The predicted octanol–water partition coefficient (Wildman–Crippen LogP) is 3.79. The van der Waals surface area contributed by atoms with Crippen LogP contribution >= 0.6 is 0 Å². The van der Waals surface area contributed by atoms with Crippen molar-refractivity contribution in [1.82, 2.24) is 19.3 Å². The molecular formula is C23H27N5O4. The van der Waals surface area contributed by atoms with Crippen LogP contribution in [0.15, 0.2) is 36.7 Å². The number of nitrogen functional groups attached to an aromatic ring is 1. The van der Waals surface area contributed by atoms with E-state index in [4.69, 9.17) is 15.5 Å². The summed E-state index contributed by atoms with van der Waals surface area (Å²) < 4.78 is 7.37. The van der Waals surface area contributed by atoms with Crippen LogP contribution in [-0.4, -0.2) is 55.1 Å². The quantitative estimate of drug-likeness (QED) is 0.639. The molecule has 0 radical (unpaired) electrons. The summed E-state index contributed by atoms with van der Waals surface area (Å²) in [4.78, 5) is 34.6. The van der Waals surface area contributed by atoms with Crippen molar-refractivity contribution in [3.8, 4) is 11.3 Å². The van der Waals surface area contributed by atoms with Gasteiger partial charge >= 0.3 is 12.1 Å². The Hall–Kier alpha value is -3.62. The van der Waals surface area contributed by atoms with Gasteiger partial charge in [-0.3, -0.25) is 4.40 Å². The molecule has 1 amide bonds. The van der Waals surface area contributed by atoms with E-state index >= 15 is 0 Å². The number of benzene rings is 1. The number of nitrogens with zero attached hydrogens (tertiary/aromatic N) is 4. The van der Waals surface area contributed by atoms with Crippen molar-refractivity contribution in [3.63, 3.8) is 0 Å². The second kappa shape index (κ2) is 8.14. The van der Waals surface area contributed by atoms with Gasteiger partial charge in [0.05, 0.1) is 23.1 Å². The number of carbonyl (C=O) groups is 2. The minimum absolute atomic E-state index is 0.0359. The molecule has 1 unspecified atom stereocenters. The van der Waals surface area contributed by atoms with Gasteiger partial charge in [0.15, 0.2) is 11.5 Å². The van der Waals surface area contributed by atoms with E-state index in [0.717, 1.165) is 18.5 Å². The van der Waals surface area contributed by atoms with Gasteiger partial charge in [-0.15, -0.1) is 0 Å². The summed E-state index contributed by atoms with van der Waals surface area (Å²) in [5, 5.41) is 9.33. The number of fused-ring (bicyclic) bond motifs is 1. The van der Waals surface area contributed by atoms with Crippen molar-refractivity contribution in [1.29, 1.82) is 0 Å². The number of likely N-dealkylation sites (tertiary alicyclic amines) is 1. The maximum atomic E-state index is 12.5. The number of nitrogens with two attached hydrogens (primary N) is 1. The Labute approximate surface area is 185 Å². The summed E-state index contributed by atoms with van der Waals surface area (Å²) in [6.45, 7) is 6.72. The highest BCUT2D eigenvalue weighted by Crippen LogP contribution is 2.30. The summed E-state index contributed by atoms with van der Waals surface area (Å²) in [6.07, 6.45) is 4.93. The van der Waals surface area contributed by atoms with E-state index in [1.807, 2.05) is 37.4 Å². The Morgan fingerprint density at radius 2 is 2.06 bits per heavy atom. The number of ether oxygens (including phenoxy) is 1. The first-order valence-electron chi connectivity index (χ1n) is 10.6. The lowest BCUT2D eigenvalue weighted by Gasteiger charge is -2.33. The lowest BCUT2D eigenvalue weighted by molar-refractivity contribution is 0.0197. The van der Waals surface area contributed by atoms with Gasteiger partial charge in [0.25, 0.3) is 0 Å². The zero-order valence-electron chi connectivity index (χ0n) is 18.4. The Balaban J connectivity index is 1.67. The number of carboxylic acids is 1. The van der Waals surface area contributed by atoms with Crippen molar-refractivity contribution < 1.29 is 19.4 Å². The third-order valence-corrected chi connectivity index (χ3v) is 5.44. The Bertz CT molecular complexity index is 1180. The lowest BCUT2D eigenvalue weighted by atomic mass is 9.95. The fourth-order valence-electron chi connectivity index (χ4n) is 3.95. The average molecular weight is 438 g/mol. The fraction of sp³-hybridized carbons (Fsp3) is 0.391. The van der Waals surface area contributed by atoms with Crippen LogP contribution in [0.5, 0.6) is 0 Å². The molecule has 1 aliphatic rings. The van der Waals surface area contributed by atoms with Gasteiger partial charge < -0.3 is 20.5 Å². The number of aromatic carboxylic acids is 1. The molecular weight excluding hydrogens is 410 g/mol. The summed E-state index contributed by atoms with van der Waals surface area (Å²) >= 11 is 0. The molecule has 1 fully saturated rings. The molecule has 9 heteroatoms. The molecule has 1 saturated heterocycles. The van der Waals surface area contributed by atoms with Crippen molar-refractivity contribution in [2.24, 2.45) is 0 Å². The van der Waals surface area contributed by atoms with Gasteiger partial charge in [-0.1, -0.05) is 12.1 Å². The number of hydrogen-bond donors (Lipinski definition) is 2. The van der Waals surface area contributed by atoms with Crippen molar-refractivity contribution in [3.05, 3.63) is 47.9 Å². The van der Waals surface area contributed by atoms with Crippen LogP contribution < -0.4 is 5.73 Å². The number of anilines is 1. The molecule has 0 aliphatic carbocycles. The van der Waals surface area contributed by atoms with Crippen LogP contribution in [-0.2, 0) is 4.74 Å². The molecule has 4 rings (SSSR count). The third kappa shape index (κ3) is 4.37. The Morgan fingerprint density at radius 3 is 2.78 bits per heavy atom. The van der Waals surface area contributed by atoms with E-state index in [2.05, 4.69) is 4.98 Å². The molecule has 3 aromatic rings. The number of piperidine rings is 1. The number of carboxylic acid groups (broad SMARTS) is 1. The summed E-state index contributed by atoms with van der Waals surface area (Å²) in [6, 6.07) is 6.65. The molecule has 1 atom stereocenters. The van der Waals surface area contributed by atoms with E-state index in [-0.39, 0.29) is 23.4 Å². The first-order chi connectivity index (χ1) is 15.1. The molecule has 0 bridgehead atoms. The van der Waals surface area contributed by atoms with Gasteiger partial charge in [-0.25, -0.2) is 19.6 Å². The topological polar surface area (TPSA) is 123 Å². The number of carbonyl (C=O) groups excluding carboxylic acids is 1. The first kappa shape index (κ1) is 21.6. The van der Waals surface area contributed by atoms with Crippen LogP contribution in [0.25, 0.3) is 16.9 Å². The number of amides is 1. The third-order valence-electron chi connectivity index (χ3n) is 5.44. The van der Waals surface area contributed by atoms with Gasteiger partial charge in [-0.05, 0) is 45.7 Å². The van der Waals surface area contributed by atoms with E-state index < -0.39 is 11.6 Å². The molecule has 9 nitrogen and oxygen atoms in total. The van der Waals surface area contributed by atoms with Crippen LogP contribution in [0.1, 0.15) is 55.6 Å². The van der Waals surface area contributed by atoms with Gasteiger partial charge in [0.1, 0.15) is 5.60 Å². The Kier molecular flexibility index (Phi) is 5.50. The average Bonchev–Trinajstić information content (AvgIpc) is 3.19. The zero-order chi connectivity index (χ0) is 23.0. The van der Waals surface area contributed by atoms with Gasteiger partial charge in [0.2, 0.25) is 0 Å². The number of hydrogen-bond acceptors (Lipinski definition) is 6. The number of imidazole rings is 1. The highest BCUT2D eigenvalue weighted by atomic mass is 16.6. The fourth-order valence-corrected chi connectivity index (χ4v) is 3.95. The maximum Gasteiger partial charge on any atom is 0.410 e.